The van der Waals surface area contributed by atoms with E-state index in [2.05, 4.69) is 15.5 Å². The van der Waals surface area contributed by atoms with Gasteiger partial charge in [-0.1, -0.05) is 34.8 Å². The molecule has 0 aliphatic carbocycles. The molecule has 1 N–H and O–H groups in total. The number of benzene rings is 1. The summed E-state index contributed by atoms with van der Waals surface area (Å²) in [6.45, 7) is 1.84. The Morgan fingerprint density at radius 1 is 1.19 bits per heavy atom. The van der Waals surface area contributed by atoms with Crippen molar-refractivity contribution < 1.29 is 22.7 Å². The number of hydrogen-bond acceptors (Lipinski definition) is 4. The third-order valence-corrected chi connectivity index (χ3v) is 5.34. The Bertz CT molecular complexity index is 1110. The average molecular weight is 511 g/mol. The average Bonchev–Trinajstić information content (AvgIpc) is 3.30. The molecule has 3 aromatic rings. The van der Waals surface area contributed by atoms with Gasteiger partial charge in [-0.25, -0.2) is 4.68 Å². The van der Waals surface area contributed by atoms with Crippen LogP contribution in [0.5, 0.6) is 5.75 Å². The fourth-order valence-electron chi connectivity index (χ4n) is 2.73. The number of nitrogens with zero attached hydrogens (tertiary/aromatic N) is 4. The van der Waals surface area contributed by atoms with Gasteiger partial charge >= 0.3 is 6.18 Å². The number of amides is 1. The molecule has 2 heterocycles. The molecule has 0 spiro atoms. The van der Waals surface area contributed by atoms with Crippen molar-refractivity contribution in [3.05, 3.63) is 62.6 Å². The zero-order valence-electron chi connectivity index (χ0n) is 16.6. The number of rotatable bonds is 8. The fourth-order valence-corrected chi connectivity index (χ4v) is 3.43. The Balaban J connectivity index is 1.47. The number of halogens is 6. The van der Waals surface area contributed by atoms with Gasteiger partial charge in [0.15, 0.2) is 12.4 Å². The molecule has 0 bridgehead atoms. The molecule has 1 aromatic carbocycles. The highest BCUT2D eigenvalue weighted by Crippen LogP contribution is 2.35. The number of aromatic nitrogens is 4. The van der Waals surface area contributed by atoms with E-state index in [1.807, 2.05) is 0 Å². The zero-order chi connectivity index (χ0) is 23.5. The highest BCUT2D eigenvalue weighted by Gasteiger charge is 2.38. The van der Waals surface area contributed by atoms with Crippen molar-refractivity contribution in [3.63, 3.8) is 0 Å². The normalized spacial score (nSPS) is 11.6. The van der Waals surface area contributed by atoms with Gasteiger partial charge in [-0.05, 0) is 37.6 Å². The summed E-state index contributed by atoms with van der Waals surface area (Å²) in [5.74, 6) is -0.0141. The Kier molecular flexibility index (Phi) is 7.58. The van der Waals surface area contributed by atoms with Gasteiger partial charge in [0.05, 0.1) is 15.7 Å². The van der Waals surface area contributed by atoms with Gasteiger partial charge < -0.3 is 10.1 Å². The number of carbonyl (C=O) groups is 1. The molecule has 0 saturated carbocycles. The largest absolute Gasteiger partial charge is 0.470 e. The number of alkyl halides is 3. The van der Waals surface area contributed by atoms with Crippen LogP contribution in [-0.2, 0) is 19.5 Å². The van der Waals surface area contributed by atoms with E-state index in [4.69, 9.17) is 39.5 Å². The Labute approximate surface area is 196 Å². The number of hydrogen-bond donors (Lipinski definition) is 1. The van der Waals surface area contributed by atoms with Crippen LogP contribution in [-0.4, -0.2) is 32.0 Å². The fraction of sp³-hybridized carbons (Fsp3) is 0.316. The molecule has 7 nitrogen and oxygen atoms in total. The second-order valence-electron chi connectivity index (χ2n) is 6.67. The van der Waals surface area contributed by atoms with E-state index >= 15 is 0 Å². The van der Waals surface area contributed by atoms with Crippen LogP contribution in [0.4, 0.5) is 13.2 Å². The predicted octanol–water partition coefficient (Wildman–Crippen LogP) is 5.22. The standard InChI is InChI=1S/C19H17Cl3F3N5O2/c1-11-16(22)17(19(23,24)25)28-30(11)7-2-6-26-18(31)14-5-8-29(27-14)10-32-15-4-3-12(20)9-13(15)21/h3-5,8-9H,2,6-7,10H2,1H3,(H,26,31). The lowest BCUT2D eigenvalue weighted by molar-refractivity contribution is -0.141. The summed E-state index contributed by atoms with van der Waals surface area (Å²) in [6.07, 6.45) is -2.71. The van der Waals surface area contributed by atoms with Gasteiger partial charge in [-0.2, -0.15) is 23.4 Å². The summed E-state index contributed by atoms with van der Waals surface area (Å²) in [5, 5.41) is 10.7. The van der Waals surface area contributed by atoms with Crippen molar-refractivity contribution in [1.29, 1.82) is 0 Å². The van der Waals surface area contributed by atoms with Crippen LogP contribution in [0.1, 0.15) is 28.3 Å². The Morgan fingerprint density at radius 2 is 1.94 bits per heavy atom. The van der Waals surface area contributed by atoms with Gasteiger partial charge in [0, 0.05) is 24.3 Å². The highest BCUT2D eigenvalue weighted by atomic mass is 35.5. The van der Waals surface area contributed by atoms with E-state index in [1.54, 1.807) is 24.4 Å². The van der Waals surface area contributed by atoms with Crippen LogP contribution in [0.15, 0.2) is 30.5 Å². The van der Waals surface area contributed by atoms with Crippen molar-refractivity contribution in [2.24, 2.45) is 0 Å². The topological polar surface area (TPSA) is 74.0 Å². The molecule has 0 saturated heterocycles. The molecule has 0 fully saturated rings. The molecule has 2 aromatic heterocycles. The maximum absolute atomic E-state index is 12.9. The summed E-state index contributed by atoms with van der Waals surface area (Å²) in [5.41, 5.74) is -0.744. The SMILES string of the molecule is Cc1c(Cl)c(C(F)(F)F)nn1CCCNC(=O)c1ccn(COc2ccc(Cl)cc2Cl)n1. The van der Waals surface area contributed by atoms with E-state index in [0.29, 0.717) is 22.2 Å². The third-order valence-electron chi connectivity index (χ3n) is 4.35. The van der Waals surface area contributed by atoms with Gasteiger partial charge in [-0.15, -0.1) is 0 Å². The molecule has 0 aliphatic rings. The molecule has 1 amide bonds. The molecule has 32 heavy (non-hydrogen) atoms. The van der Waals surface area contributed by atoms with Crippen LogP contribution < -0.4 is 10.1 Å². The molecule has 0 radical (unpaired) electrons. The first kappa shape index (κ1) is 24.2. The summed E-state index contributed by atoms with van der Waals surface area (Å²) in [6, 6.07) is 6.31. The Morgan fingerprint density at radius 3 is 2.59 bits per heavy atom. The van der Waals surface area contributed by atoms with E-state index in [-0.39, 0.29) is 31.2 Å². The van der Waals surface area contributed by atoms with Gasteiger partial charge in [0.2, 0.25) is 0 Å². The van der Waals surface area contributed by atoms with E-state index < -0.39 is 22.8 Å². The van der Waals surface area contributed by atoms with Crippen molar-refractivity contribution >= 4 is 40.7 Å². The summed E-state index contributed by atoms with van der Waals surface area (Å²) in [4.78, 5) is 12.2. The monoisotopic (exact) mass is 509 g/mol. The molecular formula is C19H17Cl3F3N5O2. The van der Waals surface area contributed by atoms with Gasteiger partial charge in [0.1, 0.15) is 11.4 Å². The summed E-state index contributed by atoms with van der Waals surface area (Å²) < 4.78 is 46.7. The van der Waals surface area contributed by atoms with Crippen LogP contribution in [0.25, 0.3) is 0 Å². The highest BCUT2D eigenvalue weighted by molar-refractivity contribution is 6.35. The van der Waals surface area contributed by atoms with Crippen molar-refractivity contribution in [1.82, 2.24) is 24.9 Å². The van der Waals surface area contributed by atoms with E-state index in [9.17, 15) is 18.0 Å². The first-order chi connectivity index (χ1) is 15.1. The van der Waals surface area contributed by atoms with E-state index in [1.165, 1.54) is 22.4 Å². The van der Waals surface area contributed by atoms with Crippen LogP contribution >= 0.6 is 34.8 Å². The molecule has 0 unspecified atom stereocenters. The zero-order valence-corrected chi connectivity index (χ0v) is 18.9. The molecule has 3 rings (SSSR count). The van der Waals surface area contributed by atoms with Crippen LogP contribution in [0.3, 0.4) is 0 Å². The number of aryl methyl sites for hydroxylation is 1. The van der Waals surface area contributed by atoms with Crippen LogP contribution in [0, 0.1) is 6.92 Å². The lowest BCUT2D eigenvalue weighted by atomic mass is 10.3. The first-order valence-electron chi connectivity index (χ1n) is 9.26. The van der Waals surface area contributed by atoms with Crippen LogP contribution in [0.2, 0.25) is 15.1 Å². The van der Waals surface area contributed by atoms with Crippen molar-refractivity contribution in [2.45, 2.75) is 32.8 Å². The maximum Gasteiger partial charge on any atom is 0.436 e. The second kappa shape index (κ2) is 10.0. The summed E-state index contributed by atoms with van der Waals surface area (Å²) in [7, 11) is 0. The predicted molar refractivity (Wildman–Crippen MR) is 113 cm³/mol. The van der Waals surface area contributed by atoms with E-state index in [0.717, 1.165) is 0 Å². The first-order valence-corrected chi connectivity index (χ1v) is 10.4. The molecule has 0 aliphatic heterocycles. The van der Waals surface area contributed by atoms with Crippen molar-refractivity contribution in [2.75, 3.05) is 6.54 Å². The second-order valence-corrected chi connectivity index (χ2v) is 7.89. The maximum atomic E-state index is 12.9. The third kappa shape index (κ3) is 5.87. The number of carbonyl (C=O) groups excluding carboxylic acids is 1. The Hall–Kier alpha value is -2.43. The quantitative estimate of drug-likeness (QED) is 0.422. The molecule has 172 valence electrons. The molecule has 13 heteroatoms. The summed E-state index contributed by atoms with van der Waals surface area (Å²) >= 11 is 17.6. The number of nitrogens with one attached hydrogen (secondary N) is 1. The van der Waals surface area contributed by atoms with Crippen molar-refractivity contribution in [3.8, 4) is 5.75 Å². The smallest absolute Gasteiger partial charge is 0.436 e. The lowest BCUT2D eigenvalue weighted by Crippen LogP contribution is -2.26. The minimum absolute atomic E-state index is 0.0233. The lowest BCUT2D eigenvalue weighted by Gasteiger charge is -2.08. The molecular weight excluding hydrogens is 494 g/mol. The van der Waals surface area contributed by atoms with Gasteiger partial charge in [0.25, 0.3) is 5.91 Å². The minimum atomic E-state index is -4.62. The number of ether oxygens (including phenoxy) is 1. The molecule has 0 atom stereocenters. The van der Waals surface area contributed by atoms with Gasteiger partial charge in [-0.3, -0.25) is 9.48 Å². The minimum Gasteiger partial charge on any atom is -0.470 e.